The molecular formula is C14H10O2S. The molecule has 2 aromatic carbocycles. The fraction of sp³-hybridized carbons (Fsp3) is 0.0714. The molecule has 1 aromatic heterocycles. The summed E-state index contributed by atoms with van der Waals surface area (Å²) in [5, 5.41) is 1.55. The number of hydrogen-bond donors (Lipinski definition) is 0. The van der Waals surface area contributed by atoms with Crippen LogP contribution in [-0.2, 0) is 0 Å². The SMILES string of the molecule is COc1ccc2c(=O)c3ccccc3sc2c1. The first-order chi connectivity index (χ1) is 8.29. The minimum atomic E-state index is 0.0944. The van der Waals surface area contributed by atoms with Crippen LogP contribution in [-0.4, -0.2) is 7.11 Å². The molecule has 0 unspecified atom stereocenters. The predicted octanol–water partition coefficient (Wildman–Crippen LogP) is 3.42. The molecule has 0 aliphatic carbocycles. The van der Waals surface area contributed by atoms with Crippen molar-refractivity contribution < 1.29 is 4.74 Å². The summed E-state index contributed by atoms with van der Waals surface area (Å²) in [6.07, 6.45) is 0. The Morgan fingerprint density at radius 1 is 1.00 bits per heavy atom. The van der Waals surface area contributed by atoms with Gasteiger partial charge in [-0.2, -0.15) is 0 Å². The Bertz CT molecular complexity index is 759. The van der Waals surface area contributed by atoms with Crippen molar-refractivity contribution in [3.63, 3.8) is 0 Å². The highest BCUT2D eigenvalue weighted by atomic mass is 32.1. The van der Waals surface area contributed by atoms with Gasteiger partial charge in [-0.25, -0.2) is 0 Å². The monoisotopic (exact) mass is 242 g/mol. The van der Waals surface area contributed by atoms with Gasteiger partial charge in [-0.15, -0.1) is 11.3 Å². The van der Waals surface area contributed by atoms with Gasteiger partial charge in [0.05, 0.1) is 7.11 Å². The van der Waals surface area contributed by atoms with Gasteiger partial charge in [0.1, 0.15) is 5.75 Å². The molecule has 84 valence electrons. The van der Waals surface area contributed by atoms with E-state index in [1.165, 1.54) is 0 Å². The third-order valence-corrected chi connectivity index (χ3v) is 3.92. The zero-order chi connectivity index (χ0) is 11.8. The van der Waals surface area contributed by atoms with Crippen LogP contribution in [0.15, 0.2) is 47.3 Å². The maximum Gasteiger partial charge on any atom is 0.195 e. The van der Waals surface area contributed by atoms with E-state index < -0.39 is 0 Å². The van der Waals surface area contributed by atoms with Crippen LogP contribution in [0.25, 0.3) is 20.2 Å². The molecule has 0 amide bonds. The second kappa shape index (κ2) is 3.86. The topological polar surface area (TPSA) is 26.3 Å². The van der Waals surface area contributed by atoms with Crippen molar-refractivity contribution in [3.05, 3.63) is 52.7 Å². The van der Waals surface area contributed by atoms with E-state index in [2.05, 4.69) is 0 Å². The van der Waals surface area contributed by atoms with Gasteiger partial charge in [-0.05, 0) is 30.3 Å². The summed E-state index contributed by atoms with van der Waals surface area (Å²) in [7, 11) is 1.63. The number of methoxy groups -OCH3 is 1. The molecule has 0 aliphatic heterocycles. The Balaban J connectivity index is 2.50. The zero-order valence-electron chi connectivity index (χ0n) is 9.27. The second-order valence-corrected chi connectivity index (χ2v) is 4.87. The number of rotatable bonds is 1. The summed E-state index contributed by atoms with van der Waals surface area (Å²) in [5.74, 6) is 0.781. The third kappa shape index (κ3) is 1.59. The molecule has 0 N–H and O–H groups in total. The van der Waals surface area contributed by atoms with Crippen LogP contribution in [0.5, 0.6) is 5.75 Å². The molecule has 0 saturated heterocycles. The average molecular weight is 242 g/mol. The molecule has 0 radical (unpaired) electrons. The van der Waals surface area contributed by atoms with Crippen LogP contribution in [0.2, 0.25) is 0 Å². The fourth-order valence-electron chi connectivity index (χ4n) is 1.91. The molecule has 3 rings (SSSR count). The van der Waals surface area contributed by atoms with Crippen molar-refractivity contribution in [1.82, 2.24) is 0 Å². The van der Waals surface area contributed by atoms with Gasteiger partial charge in [0.15, 0.2) is 5.43 Å². The summed E-state index contributed by atoms with van der Waals surface area (Å²) in [5.41, 5.74) is 0.0944. The van der Waals surface area contributed by atoms with Gasteiger partial charge >= 0.3 is 0 Å². The van der Waals surface area contributed by atoms with Gasteiger partial charge in [-0.1, -0.05) is 12.1 Å². The smallest absolute Gasteiger partial charge is 0.195 e. The van der Waals surface area contributed by atoms with Crippen LogP contribution in [0, 0.1) is 0 Å². The number of ether oxygens (including phenoxy) is 1. The maximum atomic E-state index is 12.3. The van der Waals surface area contributed by atoms with Crippen molar-refractivity contribution in [2.75, 3.05) is 7.11 Å². The van der Waals surface area contributed by atoms with E-state index in [1.54, 1.807) is 18.4 Å². The van der Waals surface area contributed by atoms with E-state index in [-0.39, 0.29) is 5.43 Å². The second-order valence-electron chi connectivity index (χ2n) is 3.79. The summed E-state index contributed by atoms with van der Waals surface area (Å²) < 4.78 is 7.16. The minimum Gasteiger partial charge on any atom is -0.497 e. The van der Waals surface area contributed by atoms with Crippen LogP contribution in [0.3, 0.4) is 0 Å². The highest BCUT2D eigenvalue weighted by Crippen LogP contribution is 2.27. The summed E-state index contributed by atoms with van der Waals surface area (Å²) in [6.45, 7) is 0. The molecule has 0 saturated carbocycles. The molecule has 0 fully saturated rings. The first kappa shape index (κ1) is 10.3. The van der Waals surface area contributed by atoms with Gasteiger partial charge in [0.2, 0.25) is 0 Å². The molecule has 3 heteroatoms. The van der Waals surface area contributed by atoms with Crippen LogP contribution < -0.4 is 10.2 Å². The Labute approximate surface area is 102 Å². The molecule has 0 aliphatic rings. The Hall–Kier alpha value is -1.87. The van der Waals surface area contributed by atoms with Crippen molar-refractivity contribution in [1.29, 1.82) is 0 Å². The Morgan fingerprint density at radius 3 is 2.59 bits per heavy atom. The first-order valence-corrected chi connectivity index (χ1v) is 6.11. The highest BCUT2D eigenvalue weighted by Gasteiger charge is 2.05. The summed E-state index contributed by atoms with van der Waals surface area (Å²) in [4.78, 5) is 12.3. The van der Waals surface area contributed by atoms with Crippen LogP contribution >= 0.6 is 11.3 Å². The van der Waals surface area contributed by atoms with Crippen LogP contribution in [0.1, 0.15) is 0 Å². The first-order valence-electron chi connectivity index (χ1n) is 5.29. The van der Waals surface area contributed by atoms with Gasteiger partial charge in [0, 0.05) is 20.2 Å². The van der Waals surface area contributed by atoms with E-state index in [4.69, 9.17) is 4.74 Å². The molecule has 3 aromatic rings. The molecule has 1 heterocycles. The standard InChI is InChI=1S/C14H10O2S/c1-16-9-6-7-11-13(8-9)17-12-5-3-2-4-10(12)14(11)15/h2-8H,1H3. The van der Waals surface area contributed by atoms with Crippen molar-refractivity contribution in [2.24, 2.45) is 0 Å². The lowest BCUT2D eigenvalue weighted by atomic mass is 10.2. The predicted molar refractivity (Wildman–Crippen MR) is 72.2 cm³/mol. The zero-order valence-corrected chi connectivity index (χ0v) is 10.1. The number of fused-ring (bicyclic) bond motifs is 2. The molecule has 17 heavy (non-hydrogen) atoms. The van der Waals surface area contributed by atoms with Crippen LogP contribution in [0.4, 0.5) is 0 Å². The van der Waals surface area contributed by atoms with Gasteiger partial charge < -0.3 is 4.74 Å². The van der Waals surface area contributed by atoms with Crippen molar-refractivity contribution in [2.45, 2.75) is 0 Å². The number of hydrogen-bond acceptors (Lipinski definition) is 3. The van der Waals surface area contributed by atoms with Gasteiger partial charge in [0.25, 0.3) is 0 Å². The molecule has 0 bridgehead atoms. The van der Waals surface area contributed by atoms with E-state index in [9.17, 15) is 4.79 Å². The highest BCUT2D eigenvalue weighted by molar-refractivity contribution is 7.24. The summed E-state index contributed by atoms with van der Waals surface area (Å²) in [6, 6.07) is 13.3. The Kier molecular flexibility index (Phi) is 2.34. The summed E-state index contributed by atoms with van der Waals surface area (Å²) >= 11 is 1.61. The van der Waals surface area contributed by atoms with E-state index in [1.807, 2.05) is 42.5 Å². The van der Waals surface area contributed by atoms with Crippen molar-refractivity contribution >= 4 is 31.5 Å². The molecular weight excluding hydrogens is 232 g/mol. The largest absolute Gasteiger partial charge is 0.497 e. The molecule has 2 nitrogen and oxygen atoms in total. The average Bonchev–Trinajstić information content (AvgIpc) is 2.38. The minimum absolute atomic E-state index is 0.0944. The molecule has 0 spiro atoms. The van der Waals surface area contributed by atoms with E-state index in [0.29, 0.717) is 0 Å². The normalized spacial score (nSPS) is 10.9. The lowest BCUT2D eigenvalue weighted by molar-refractivity contribution is 0.415. The Morgan fingerprint density at radius 2 is 1.76 bits per heavy atom. The molecule has 0 atom stereocenters. The lowest BCUT2D eigenvalue weighted by Gasteiger charge is -2.03. The van der Waals surface area contributed by atoms with E-state index in [0.717, 1.165) is 25.9 Å². The van der Waals surface area contributed by atoms with E-state index >= 15 is 0 Å². The third-order valence-electron chi connectivity index (χ3n) is 2.79. The van der Waals surface area contributed by atoms with Gasteiger partial charge in [-0.3, -0.25) is 4.79 Å². The number of benzene rings is 2. The fourth-order valence-corrected chi connectivity index (χ4v) is 3.01. The quantitative estimate of drug-likeness (QED) is 0.611. The lowest BCUT2D eigenvalue weighted by Crippen LogP contribution is -2.00. The van der Waals surface area contributed by atoms with Crippen molar-refractivity contribution in [3.8, 4) is 5.75 Å². The maximum absolute atomic E-state index is 12.3.